The number of rotatable bonds is 2. The molecule has 1 saturated heterocycles. The van der Waals surface area contributed by atoms with Crippen LogP contribution in [0.1, 0.15) is 30.5 Å². The molecule has 0 N–H and O–H groups in total. The maximum absolute atomic E-state index is 12.9. The first-order valence-electron chi connectivity index (χ1n) is 6.95. The van der Waals surface area contributed by atoms with Crippen LogP contribution in [0.5, 0.6) is 0 Å². The number of ether oxygens (including phenoxy) is 1. The van der Waals surface area contributed by atoms with Gasteiger partial charge in [-0.15, -0.1) is 0 Å². The number of hydrogen-bond acceptors (Lipinski definition) is 3. The molecule has 20 heavy (non-hydrogen) atoms. The van der Waals surface area contributed by atoms with Crippen LogP contribution >= 0.6 is 0 Å². The summed E-state index contributed by atoms with van der Waals surface area (Å²) in [5.74, 6) is 0. The maximum Gasteiger partial charge on any atom is 0.243 e. The van der Waals surface area contributed by atoms with Gasteiger partial charge in [-0.1, -0.05) is 17.7 Å². The molecule has 5 heteroatoms. The van der Waals surface area contributed by atoms with Crippen molar-refractivity contribution in [2.45, 2.75) is 51.7 Å². The summed E-state index contributed by atoms with van der Waals surface area (Å²) < 4.78 is 33.0. The van der Waals surface area contributed by atoms with Crippen molar-refractivity contribution in [1.29, 1.82) is 0 Å². The highest BCUT2D eigenvalue weighted by Gasteiger charge is 2.33. The Labute approximate surface area is 121 Å². The molecule has 0 unspecified atom stereocenters. The van der Waals surface area contributed by atoms with Crippen LogP contribution in [0.15, 0.2) is 17.0 Å². The second kappa shape index (κ2) is 5.47. The summed E-state index contributed by atoms with van der Waals surface area (Å²) in [5.41, 5.74) is 2.71. The van der Waals surface area contributed by atoms with Crippen LogP contribution in [-0.2, 0) is 14.8 Å². The number of morpholine rings is 1. The third kappa shape index (κ3) is 2.90. The van der Waals surface area contributed by atoms with Crippen molar-refractivity contribution >= 4 is 10.0 Å². The topological polar surface area (TPSA) is 46.6 Å². The van der Waals surface area contributed by atoms with Crippen LogP contribution in [0.25, 0.3) is 0 Å². The van der Waals surface area contributed by atoms with E-state index < -0.39 is 10.0 Å². The van der Waals surface area contributed by atoms with Gasteiger partial charge in [-0.3, -0.25) is 0 Å². The van der Waals surface area contributed by atoms with E-state index in [1.54, 1.807) is 4.31 Å². The normalized spacial score (nSPS) is 24.9. The molecule has 0 aromatic heterocycles. The van der Waals surface area contributed by atoms with E-state index in [-0.39, 0.29) is 12.2 Å². The fraction of sp³-hybridized carbons (Fsp3) is 0.600. The monoisotopic (exact) mass is 297 g/mol. The number of nitrogens with zero attached hydrogens (tertiary/aromatic N) is 1. The first kappa shape index (κ1) is 15.5. The molecule has 4 nitrogen and oxygen atoms in total. The molecule has 2 rings (SSSR count). The molecule has 1 aliphatic heterocycles. The molecule has 1 aromatic rings. The van der Waals surface area contributed by atoms with Crippen LogP contribution in [0, 0.1) is 20.8 Å². The fourth-order valence-corrected chi connectivity index (χ4v) is 5.03. The van der Waals surface area contributed by atoms with Gasteiger partial charge in [0.05, 0.1) is 17.1 Å². The molecule has 0 spiro atoms. The molecule has 0 aliphatic carbocycles. The predicted molar refractivity (Wildman–Crippen MR) is 79.4 cm³/mol. The van der Waals surface area contributed by atoms with E-state index in [4.69, 9.17) is 4.74 Å². The van der Waals surface area contributed by atoms with Crippen LogP contribution in [0.3, 0.4) is 0 Å². The van der Waals surface area contributed by atoms with E-state index in [2.05, 4.69) is 0 Å². The Hall–Kier alpha value is -0.910. The minimum absolute atomic E-state index is 0.0698. The number of hydrogen-bond donors (Lipinski definition) is 0. The number of aryl methyl sites for hydroxylation is 3. The van der Waals surface area contributed by atoms with Gasteiger partial charge in [0.1, 0.15) is 0 Å². The Morgan fingerprint density at radius 1 is 1.05 bits per heavy atom. The number of sulfonamides is 1. The van der Waals surface area contributed by atoms with Gasteiger partial charge in [0.2, 0.25) is 10.0 Å². The van der Waals surface area contributed by atoms with Crippen LogP contribution in [-0.4, -0.2) is 38.0 Å². The standard InChI is InChI=1S/C15H23NO3S/c1-10-6-11(2)15(12(3)7-10)20(17,18)16-8-13(4)19-14(5)9-16/h6-7,13-14H,8-9H2,1-5H3/t13-,14-/m0/s1. The average molecular weight is 297 g/mol. The summed E-state index contributed by atoms with van der Waals surface area (Å²) in [5, 5.41) is 0. The van der Waals surface area contributed by atoms with Crippen LogP contribution in [0.2, 0.25) is 0 Å². The SMILES string of the molecule is Cc1cc(C)c(S(=O)(=O)N2C[C@H](C)O[C@@H](C)C2)c(C)c1. The first-order chi connectivity index (χ1) is 9.21. The summed E-state index contributed by atoms with van der Waals surface area (Å²) in [4.78, 5) is 0.449. The lowest BCUT2D eigenvalue weighted by Gasteiger charge is -2.35. The van der Waals surface area contributed by atoms with Gasteiger partial charge in [0.15, 0.2) is 0 Å². The smallest absolute Gasteiger partial charge is 0.243 e. The van der Waals surface area contributed by atoms with Crippen molar-refractivity contribution in [3.63, 3.8) is 0 Å². The van der Waals surface area contributed by atoms with E-state index in [0.717, 1.165) is 16.7 Å². The Balaban J connectivity index is 2.45. The molecule has 0 bridgehead atoms. The summed E-state index contributed by atoms with van der Waals surface area (Å²) in [6, 6.07) is 3.85. The Morgan fingerprint density at radius 2 is 1.50 bits per heavy atom. The van der Waals surface area contributed by atoms with E-state index in [1.807, 2.05) is 46.8 Å². The lowest BCUT2D eigenvalue weighted by Crippen LogP contribution is -2.48. The predicted octanol–water partition coefficient (Wildman–Crippen LogP) is 2.41. The third-order valence-corrected chi connectivity index (χ3v) is 5.73. The summed E-state index contributed by atoms with van der Waals surface area (Å²) in [7, 11) is -3.45. The molecule has 112 valence electrons. The van der Waals surface area contributed by atoms with Crippen LogP contribution < -0.4 is 0 Å². The molecule has 0 saturated carbocycles. The third-order valence-electron chi connectivity index (χ3n) is 3.59. The lowest BCUT2D eigenvalue weighted by atomic mass is 10.1. The van der Waals surface area contributed by atoms with Crippen molar-refractivity contribution in [1.82, 2.24) is 4.31 Å². The van der Waals surface area contributed by atoms with Gasteiger partial charge >= 0.3 is 0 Å². The zero-order valence-electron chi connectivity index (χ0n) is 12.8. The highest BCUT2D eigenvalue weighted by Crippen LogP contribution is 2.27. The van der Waals surface area contributed by atoms with Gasteiger partial charge < -0.3 is 4.74 Å². The zero-order chi connectivity index (χ0) is 15.1. The summed E-state index contributed by atoms with van der Waals surface area (Å²) in [6.45, 7) is 10.4. The largest absolute Gasteiger partial charge is 0.373 e. The van der Waals surface area contributed by atoms with E-state index >= 15 is 0 Å². The molecule has 2 atom stereocenters. The Kier molecular flexibility index (Phi) is 4.23. The van der Waals surface area contributed by atoms with Crippen molar-refractivity contribution in [3.8, 4) is 0 Å². The van der Waals surface area contributed by atoms with Crippen molar-refractivity contribution in [2.75, 3.05) is 13.1 Å². The van der Waals surface area contributed by atoms with Crippen molar-refractivity contribution in [2.24, 2.45) is 0 Å². The highest BCUT2D eigenvalue weighted by atomic mass is 32.2. The molecule has 0 amide bonds. The summed E-state index contributed by atoms with van der Waals surface area (Å²) >= 11 is 0. The quantitative estimate of drug-likeness (QED) is 0.842. The Bertz CT molecular complexity index is 577. The second-order valence-corrected chi connectivity index (χ2v) is 7.68. The van der Waals surface area contributed by atoms with Gasteiger partial charge in [-0.05, 0) is 45.7 Å². The highest BCUT2D eigenvalue weighted by molar-refractivity contribution is 7.89. The molecular formula is C15H23NO3S. The fourth-order valence-electron chi connectivity index (χ4n) is 3.03. The van der Waals surface area contributed by atoms with E-state index in [9.17, 15) is 8.42 Å². The summed E-state index contributed by atoms with van der Waals surface area (Å²) in [6.07, 6.45) is -0.140. The van der Waals surface area contributed by atoms with Crippen molar-refractivity contribution in [3.05, 3.63) is 28.8 Å². The van der Waals surface area contributed by atoms with Gasteiger partial charge in [0, 0.05) is 13.1 Å². The lowest BCUT2D eigenvalue weighted by molar-refractivity contribution is -0.0441. The molecular weight excluding hydrogens is 274 g/mol. The molecule has 1 aliphatic rings. The maximum atomic E-state index is 12.9. The average Bonchev–Trinajstić information content (AvgIpc) is 2.25. The van der Waals surface area contributed by atoms with Gasteiger partial charge in [-0.2, -0.15) is 4.31 Å². The van der Waals surface area contributed by atoms with E-state index in [0.29, 0.717) is 18.0 Å². The minimum Gasteiger partial charge on any atom is -0.373 e. The zero-order valence-corrected chi connectivity index (χ0v) is 13.6. The van der Waals surface area contributed by atoms with Gasteiger partial charge in [0.25, 0.3) is 0 Å². The second-order valence-electron chi connectivity index (χ2n) is 5.81. The molecule has 1 aromatic carbocycles. The van der Waals surface area contributed by atoms with Crippen molar-refractivity contribution < 1.29 is 13.2 Å². The Morgan fingerprint density at radius 3 is 1.95 bits per heavy atom. The first-order valence-corrected chi connectivity index (χ1v) is 8.39. The van der Waals surface area contributed by atoms with Crippen LogP contribution in [0.4, 0.5) is 0 Å². The molecule has 1 fully saturated rings. The number of benzene rings is 1. The molecule has 0 radical (unpaired) electrons. The molecule has 1 heterocycles. The van der Waals surface area contributed by atoms with E-state index in [1.165, 1.54) is 0 Å². The minimum atomic E-state index is -3.45. The van der Waals surface area contributed by atoms with Gasteiger partial charge in [-0.25, -0.2) is 8.42 Å².